The van der Waals surface area contributed by atoms with Gasteiger partial charge < -0.3 is 11.1 Å². The molecule has 1 amide bonds. The van der Waals surface area contributed by atoms with Gasteiger partial charge in [-0.05, 0) is 32.6 Å². The predicted molar refractivity (Wildman–Crippen MR) is 76.7 cm³/mol. The Morgan fingerprint density at radius 3 is 2.76 bits per heavy atom. The molecule has 1 aromatic rings. The highest BCUT2D eigenvalue weighted by Gasteiger charge is 2.28. The maximum atomic E-state index is 11.8. The second-order valence-corrected chi connectivity index (χ2v) is 5.56. The highest BCUT2D eigenvalue weighted by Crippen LogP contribution is 2.31. The molecule has 1 aliphatic carbocycles. The van der Waals surface area contributed by atoms with Crippen molar-refractivity contribution in [2.24, 2.45) is 11.7 Å². The van der Waals surface area contributed by atoms with Crippen LogP contribution in [-0.4, -0.2) is 33.2 Å². The Hall–Kier alpha value is -1.96. The molecular formula is C13H21N5O3. The first-order chi connectivity index (χ1) is 9.90. The van der Waals surface area contributed by atoms with Gasteiger partial charge in [-0.1, -0.05) is 0 Å². The zero-order valence-corrected chi connectivity index (χ0v) is 12.3. The van der Waals surface area contributed by atoms with E-state index < -0.39 is 4.92 Å². The van der Waals surface area contributed by atoms with Gasteiger partial charge in [0.2, 0.25) is 5.91 Å². The second kappa shape index (κ2) is 6.21. The van der Waals surface area contributed by atoms with Crippen LogP contribution in [0.4, 0.5) is 5.69 Å². The zero-order valence-electron chi connectivity index (χ0n) is 12.3. The summed E-state index contributed by atoms with van der Waals surface area (Å²) in [7, 11) is 0. The Morgan fingerprint density at radius 1 is 1.57 bits per heavy atom. The van der Waals surface area contributed by atoms with Crippen LogP contribution in [0.5, 0.6) is 0 Å². The van der Waals surface area contributed by atoms with Crippen LogP contribution in [-0.2, 0) is 11.3 Å². The number of nitro groups is 1. The molecule has 1 saturated carbocycles. The van der Waals surface area contributed by atoms with Crippen molar-refractivity contribution < 1.29 is 9.72 Å². The minimum Gasteiger partial charge on any atom is -0.354 e. The molecular weight excluding hydrogens is 274 g/mol. The Labute approximate surface area is 122 Å². The van der Waals surface area contributed by atoms with Crippen LogP contribution in [0.1, 0.15) is 30.7 Å². The maximum absolute atomic E-state index is 11.8. The number of aromatic nitrogens is 2. The van der Waals surface area contributed by atoms with E-state index in [1.807, 2.05) is 0 Å². The number of nitrogens with zero attached hydrogens (tertiary/aromatic N) is 3. The van der Waals surface area contributed by atoms with Crippen molar-refractivity contribution in [1.29, 1.82) is 0 Å². The second-order valence-electron chi connectivity index (χ2n) is 5.56. The van der Waals surface area contributed by atoms with Crippen LogP contribution >= 0.6 is 0 Å². The molecule has 1 heterocycles. The summed E-state index contributed by atoms with van der Waals surface area (Å²) in [6.07, 6.45) is 2.52. The third-order valence-electron chi connectivity index (χ3n) is 3.84. The number of nitrogens with two attached hydrogens (primary N) is 1. The van der Waals surface area contributed by atoms with E-state index >= 15 is 0 Å². The first-order valence-corrected chi connectivity index (χ1v) is 7.10. The number of nitrogens with one attached hydrogen (secondary N) is 1. The molecule has 116 valence electrons. The van der Waals surface area contributed by atoms with Gasteiger partial charge in [-0.3, -0.25) is 19.6 Å². The van der Waals surface area contributed by atoms with Crippen molar-refractivity contribution >= 4 is 11.6 Å². The first-order valence-electron chi connectivity index (χ1n) is 7.10. The predicted octanol–water partition coefficient (Wildman–Crippen LogP) is 0.652. The summed E-state index contributed by atoms with van der Waals surface area (Å²) in [4.78, 5) is 22.2. The molecule has 1 unspecified atom stereocenters. The molecule has 0 spiro atoms. The van der Waals surface area contributed by atoms with Crippen LogP contribution in [0.3, 0.4) is 0 Å². The molecule has 1 aliphatic rings. The number of carbonyl (C=O) groups excluding carboxylic acids is 1. The lowest BCUT2D eigenvalue weighted by atomic mass is 10.2. The normalized spacial score (nSPS) is 15.8. The molecule has 3 N–H and O–H groups in total. The summed E-state index contributed by atoms with van der Waals surface area (Å²) >= 11 is 0. The highest BCUT2D eigenvalue weighted by atomic mass is 16.6. The summed E-state index contributed by atoms with van der Waals surface area (Å²) in [5.41, 5.74) is 6.77. The summed E-state index contributed by atoms with van der Waals surface area (Å²) in [5, 5.41) is 17.8. The Bertz CT molecular complexity index is 550. The number of aryl methyl sites for hydroxylation is 2. The molecule has 2 rings (SSSR count). The monoisotopic (exact) mass is 295 g/mol. The average molecular weight is 295 g/mol. The maximum Gasteiger partial charge on any atom is 0.312 e. The Balaban J connectivity index is 1.83. The first kappa shape index (κ1) is 15.4. The van der Waals surface area contributed by atoms with Gasteiger partial charge in [-0.15, -0.1) is 0 Å². The fourth-order valence-corrected chi connectivity index (χ4v) is 2.39. The van der Waals surface area contributed by atoms with E-state index in [2.05, 4.69) is 10.4 Å². The molecule has 1 aromatic heterocycles. The molecule has 0 aliphatic heterocycles. The molecule has 0 aromatic carbocycles. The molecule has 0 bridgehead atoms. The van der Waals surface area contributed by atoms with Gasteiger partial charge in [-0.25, -0.2) is 0 Å². The van der Waals surface area contributed by atoms with E-state index in [0.717, 1.165) is 12.8 Å². The van der Waals surface area contributed by atoms with Crippen molar-refractivity contribution in [3.63, 3.8) is 0 Å². The molecule has 1 atom stereocenters. The fraction of sp³-hybridized carbons (Fsp3) is 0.692. The minimum atomic E-state index is -0.442. The number of rotatable bonds is 7. The van der Waals surface area contributed by atoms with Gasteiger partial charge in [0, 0.05) is 19.0 Å². The van der Waals surface area contributed by atoms with Crippen LogP contribution in [0.15, 0.2) is 0 Å². The van der Waals surface area contributed by atoms with E-state index in [9.17, 15) is 14.9 Å². The molecule has 21 heavy (non-hydrogen) atoms. The van der Waals surface area contributed by atoms with E-state index in [1.54, 1.807) is 13.8 Å². The third kappa shape index (κ3) is 3.78. The van der Waals surface area contributed by atoms with E-state index in [-0.39, 0.29) is 24.1 Å². The van der Waals surface area contributed by atoms with E-state index in [0.29, 0.717) is 30.4 Å². The summed E-state index contributed by atoms with van der Waals surface area (Å²) in [6, 6.07) is 0.0312. The van der Waals surface area contributed by atoms with Gasteiger partial charge in [0.15, 0.2) is 0 Å². The number of hydrogen-bond donors (Lipinski definition) is 2. The van der Waals surface area contributed by atoms with Crippen LogP contribution in [0, 0.1) is 29.9 Å². The average Bonchev–Trinajstić information content (AvgIpc) is 3.20. The quantitative estimate of drug-likeness (QED) is 0.566. The van der Waals surface area contributed by atoms with Gasteiger partial charge >= 0.3 is 5.69 Å². The lowest BCUT2D eigenvalue weighted by Gasteiger charge is -2.11. The number of carbonyl (C=O) groups is 1. The van der Waals surface area contributed by atoms with Crippen LogP contribution < -0.4 is 11.1 Å². The molecule has 8 heteroatoms. The summed E-state index contributed by atoms with van der Waals surface area (Å²) in [5.74, 6) is 0.435. The SMILES string of the molecule is Cc1nn(CCC(=O)NCC(N)C2CC2)c(C)c1[N+](=O)[O-]. The van der Waals surface area contributed by atoms with Crippen molar-refractivity contribution in [2.75, 3.05) is 6.54 Å². The topological polar surface area (TPSA) is 116 Å². The van der Waals surface area contributed by atoms with Crippen LogP contribution in [0.25, 0.3) is 0 Å². The largest absolute Gasteiger partial charge is 0.354 e. The number of amides is 1. The standard InChI is InChI=1S/C13H21N5O3/c1-8-13(18(20)21)9(2)17(16-8)6-5-12(19)15-7-11(14)10-3-4-10/h10-11H,3-7,14H2,1-2H3,(H,15,19). The van der Waals surface area contributed by atoms with E-state index in [4.69, 9.17) is 5.73 Å². The Morgan fingerprint density at radius 2 is 2.24 bits per heavy atom. The fourth-order valence-electron chi connectivity index (χ4n) is 2.39. The van der Waals surface area contributed by atoms with Gasteiger partial charge in [0.05, 0.1) is 11.5 Å². The molecule has 8 nitrogen and oxygen atoms in total. The van der Waals surface area contributed by atoms with Gasteiger partial charge in [0.1, 0.15) is 11.4 Å². The van der Waals surface area contributed by atoms with Gasteiger partial charge in [0.25, 0.3) is 0 Å². The summed E-state index contributed by atoms with van der Waals surface area (Å²) in [6.45, 7) is 4.04. The van der Waals surface area contributed by atoms with E-state index in [1.165, 1.54) is 4.68 Å². The lowest BCUT2D eigenvalue weighted by Crippen LogP contribution is -2.38. The lowest BCUT2D eigenvalue weighted by molar-refractivity contribution is -0.386. The molecule has 1 fully saturated rings. The number of hydrogen-bond acceptors (Lipinski definition) is 5. The molecule has 0 radical (unpaired) electrons. The minimum absolute atomic E-state index is 0.0196. The van der Waals surface area contributed by atoms with Crippen molar-refractivity contribution in [3.8, 4) is 0 Å². The third-order valence-corrected chi connectivity index (χ3v) is 3.84. The van der Waals surface area contributed by atoms with Crippen molar-refractivity contribution in [2.45, 2.75) is 45.7 Å². The summed E-state index contributed by atoms with van der Waals surface area (Å²) < 4.78 is 1.51. The molecule has 0 saturated heterocycles. The Kier molecular flexibility index (Phi) is 4.56. The smallest absolute Gasteiger partial charge is 0.312 e. The highest BCUT2D eigenvalue weighted by molar-refractivity contribution is 5.75. The van der Waals surface area contributed by atoms with Crippen LogP contribution in [0.2, 0.25) is 0 Å². The zero-order chi connectivity index (χ0) is 15.6. The van der Waals surface area contributed by atoms with Crippen molar-refractivity contribution in [3.05, 3.63) is 21.5 Å². The van der Waals surface area contributed by atoms with Gasteiger partial charge in [-0.2, -0.15) is 5.10 Å². The van der Waals surface area contributed by atoms with Crippen molar-refractivity contribution in [1.82, 2.24) is 15.1 Å².